The maximum absolute atomic E-state index is 14.1. The van der Waals surface area contributed by atoms with Gasteiger partial charge < -0.3 is 14.9 Å². The number of carboxylic acid groups (broad SMARTS) is 1. The van der Waals surface area contributed by atoms with Gasteiger partial charge in [-0.05, 0) is 37.9 Å². The predicted molar refractivity (Wildman–Crippen MR) is 94.2 cm³/mol. The molecule has 0 aliphatic carbocycles. The van der Waals surface area contributed by atoms with Gasteiger partial charge in [0.05, 0.1) is 0 Å². The molecule has 1 N–H and O–H groups in total. The molecule has 1 aromatic rings. The van der Waals surface area contributed by atoms with Crippen molar-refractivity contribution in [3.63, 3.8) is 0 Å². The van der Waals surface area contributed by atoms with Gasteiger partial charge in [-0.15, -0.1) is 0 Å². The van der Waals surface area contributed by atoms with Crippen molar-refractivity contribution < 1.29 is 14.3 Å². The molecule has 3 heterocycles. The summed E-state index contributed by atoms with van der Waals surface area (Å²) >= 11 is 0. The number of pyridine rings is 1. The number of likely N-dealkylation sites (N-methyl/N-ethyl adjacent to an activating group) is 1. The SMILES string of the molecule is CN1CCN([C@H]2CCN(c3ncccc3F)C[C@H]2CCC(=O)O)CC1. The molecular weight excluding hydrogens is 323 g/mol. The minimum absolute atomic E-state index is 0.160. The number of anilines is 1. The fourth-order valence-electron chi connectivity index (χ4n) is 4.05. The smallest absolute Gasteiger partial charge is 0.303 e. The lowest BCUT2D eigenvalue weighted by Crippen LogP contribution is -2.56. The van der Waals surface area contributed by atoms with Crippen LogP contribution in [0.15, 0.2) is 18.3 Å². The first-order valence-electron chi connectivity index (χ1n) is 9.04. The van der Waals surface area contributed by atoms with Crippen molar-refractivity contribution in [1.82, 2.24) is 14.8 Å². The summed E-state index contributed by atoms with van der Waals surface area (Å²) in [6.45, 7) is 5.54. The van der Waals surface area contributed by atoms with E-state index >= 15 is 0 Å². The zero-order valence-corrected chi connectivity index (χ0v) is 14.8. The molecule has 2 fully saturated rings. The largest absolute Gasteiger partial charge is 0.481 e. The Kier molecular flexibility index (Phi) is 5.86. The molecule has 1 aromatic heterocycles. The van der Waals surface area contributed by atoms with E-state index in [9.17, 15) is 9.18 Å². The summed E-state index contributed by atoms with van der Waals surface area (Å²) in [5.74, 6) is -0.467. The molecule has 7 heteroatoms. The highest BCUT2D eigenvalue weighted by Crippen LogP contribution is 2.30. The molecule has 25 heavy (non-hydrogen) atoms. The highest BCUT2D eigenvalue weighted by molar-refractivity contribution is 5.66. The average Bonchev–Trinajstić information content (AvgIpc) is 2.61. The predicted octanol–water partition coefficient (Wildman–Crippen LogP) is 1.53. The van der Waals surface area contributed by atoms with E-state index in [0.29, 0.717) is 24.8 Å². The van der Waals surface area contributed by atoms with Gasteiger partial charge in [-0.2, -0.15) is 0 Å². The first-order chi connectivity index (χ1) is 12.0. The van der Waals surface area contributed by atoms with Crippen LogP contribution in [0.5, 0.6) is 0 Å². The normalized spacial score (nSPS) is 25.9. The van der Waals surface area contributed by atoms with E-state index < -0.39 is 5.97 Å². The number of hydrogen-bond donors (Lipinski definition) is 1. The second kappa shape index (κ2) is 8.10. The van der Waals surface area contributed by atoms with Crippen molar-refractivity contribution >= 4 is 11.8 Å². The molecule has 138 valence electrons. The number of carbonyl (C=O) groups is 1. The van der Waals surface area contributed by atoms with Crippen LogP contribution in [0.2, 0.25) is 0 Å². The van der Waals surface area contributed by atoms with Crippen molar-refractivity contribution in [2.24, 2.45) is 5.92 Å². The highest BCUT2D eigenvalue weighted by atomic mass is 19.1. The maximum Gasteiger partial charge on any atom is 0.303 e. The summed E-state index contributed by atoms with van der Waals surface area (Å²) < 4.78 is 14.1. The molecule has 0 unspecified atom stereocenters. The minimum atomic E-state index is -0.765. The first kappa shape index (κ1) is 18.1. The van der Waals surface area contributed by atoms with Crippen LogP contribution >= 0.6 is 0 Å². The molecule has 2 atom stereocenters. The number of halogens is 1. The average molecular weight is 350 g/mol. The lowest BCUT2D eigenvalue weighted by molar-refractivity contribution is -0.137. The molecule has 3 rings (SSSR count). The highest BCUT2D eigenvalue weighted by Gasteiger charge is 2.35. The third-order valence-corrected chi connectivity index (χ3v) is 5.47. The van der Waals surface area contributed by atoms with Gasteiger partial charge in [-0.3, -0.25) is 9.69 Å². The molecule has 2 saturated heterocycles. The van der Waals surface area contributed by atoms with Crippen LogP contribution in [0.4, 0.5) is 10.2 Å². The fraction of sp³-hybridized carbons (Fsp3) is 0.667. The molecule has 0 spiro atoms. The van der Waals surface area contributed by atoms with Gasteiger partial charge in [-0.1, -0.05) is 0 Å². The Labute approximate surface area is 148 Å². The first-order valence-corrected chi connectivity index (χ1v) is 9.04. The Bertz CT molecular complexity index is 592. The van der Waals surface area contributed by atoms with E-state index in [-0.39, 0.29) is 18.2 Å². The number of aliphatic carboxylic acids is 1. The summed E-state index contributed by atoms with van der Waals surface area (Å²) in [5, 5.41) is 9.10. The van der Waals surface area contributed by atoms with Crippen molar-refractivity contribution in [3.8, 4) is 0 Å². The number of aromatic nitrogens is 1. The lowest BCUT2D eigenvalue weighted by Gasteiger charge is -2.46. The summed E-state index contributed by atoms with van der Waals surface area (Å²) in [6.07, 6.45) is 3.31. The molecule has 0 saturated carbocycles. The van der Waals surface area contributed by atoms with E-state index in [1.807, 2.05) is 4.90 Å². The Hall–Kier alpha value is -1.73. The monoisotopic (exact) mass is 350 g/mol. The Morgan fingerprint density at radius 1 is 1.32 bits per heavy atom. The van der Waals surface area contributed by atoms with Crippen molar-refractivity contribution in [3.05, 3.63) is 24.1 Å². The quantitative estimate of drug-likeness (QED) is 0.869. The number of hydrogen-bond acceptors (Lipinski definition) is 5. The van der Waals surface area contributed by atoms with E-state index in [2.05, 4.69) is 21.8 Å². The van der Waals surface area contributed by atoms with Crippen molar-refractivity contribution in [2.45, 2.75) is 25.3 Å². The second-order valence-corrected chi connectivity index (χ2v) is 7.14. The van der Waals surface area contributed by atoms with Gasteiger partial charge in [0.15, 0.2) is 11.6 Å². The zero-order chi connectivity index (χ0) is 17.8. The van der Waals surface area contributed by atoms with Crippen LogP contribution in [0.3, 0.4) is 0 Å². The number of piperazine rings is 1. The summed E-state index contributed by atoms with van der Waals surface area (Å²) in [6, 6.07) is 3.40. The number of carboxylic acids is 1. The van der Waals surface area contributed by atoms with Crippen LogP contribution in [0.25, 0.3) is 0 Å². The molecule has 0 bridgehead atoms. The number of rotatable bonds is 5. The molecule has 2 aliphatic heterocycles. The van der Waals surface area contributed by atoms with E-state index in [0.717, 1.165) is 39.1 Å². The van der Waals surface area contributed by atoms with Crippen molar-refractivity contribution in [2.75, 3.05) is 51.2 Å². The number of nitrogens with zero attached hydrogens (tertiary/aromatic N) is 4. The Balaban J connectivity index is 1.71. The van der Waals surface area contributed by atoms with Crippen LogP contribution in [0.1, 0.15) is 19.3 Å². The Morgan fingerprint density at radius 3 is 2.76 bits per heavy atom. The van der Waals surface area contributed by atoms with Crippen LogP contribution in [0, 0.1) is 11.7 Å². The van der Waals surface area contributed by atoms with E-state index in [1.165, 1.54) is 6.07 Å². The second-order valence-electron chi connectivity index (χ2n) is 7.14. The van der Waals surface area contributed by atoms with Crippen LogP contribution < -0.4 is 4.90 Å². The standard InChI is InChI=1S/C18H27FN4O2/c1-21-9-11-22(12-10-21)16-6-8-23(13-14(16)4-5-17(24)25)18-15(19)3-2-7-20-18/h2-3,7,14,16H,4-6,8-13H2,1H3,(H,24,25)/t14-,16+/m1/s1. The van der Waals surface area contributed by atoms with Gasteiger partial charge in [0.1, 0.15) is 0 Å². The Morgan fingerprint density at radius 2 is 2.08 bits per heavy atom. The van der Waals surface area contributed by atoms with E-state index in [1.54, 1.807) is 12.3 Å². The van der Waals surface area contributed by atoms with E-state index in [4.69, 9.17) is 5.11 Å². The molecule has 6 nitrogen and oxygen atoms in total. The third kappa shape index (κ3) is 4.46. The number of piperidine rings is 1. The van der Waals surface area contributed by atoms with Gasteiger partial charge in [0.25, 0.3) is 0 Å². The van der Waals surface area contributed by atoms with Gasteiger partial charge in [0.2, 0.25) is 0 Å². The van der Waals surface area contributed by atoms with Gasteiger partial charge in [-0.25, -0.2) is 9.37 Å². The third-order valence-electron chi connectivity index (χ3n) is 5.47. The van der Waals surface area contributed by atoms with Crippen LogP contribution in [-0.2, 0) is 4.79 Å². The molecule has 0 aromatic carbocycles. The topological polar surface area (TPSA) is 59.9 Å². The van der Waals surface area contributed by atoms with Gasteiger partial charge >= 0.3 is 5.97 Å². The van der Waals surface area contributed by atoms with Crippen LogP contribution in [-0.4, -0.2) is 78.2 Å². The molecule has 2 aliphatic rings. The molecule has 0 radical (unpaired) electrons. The molecular formula is C18H27FN4O2. The summed E-state index contributed by atoms with van der Waals surface area (Å²) in [7, 11) is 2.13. The van der Waals surface area contributed by atoms with Gasteiger partial charge in [0, 0.05) is 57.9 Å². The van der Waals surface area contributed by atoms with Crippen molar-refractivity contribution in [1.29, 1.82) is 0 Å². The summed E-state index contributed by atoms with van der Waals surface area (Å²) in [5.41, 5.74) is 0. The fourth-order valence-corrected chi connectivity index (χ4v) is 4.05. The molecule has 0 amide bonds. The maximum atomic E-state index is 14.1. The zero-order valence-electron chi connectivity index (χ0n) is 14.8. The minimum Gasteiger partial charge on any atom is -0.481 e. The lowest BCUT2D eigenvalue weighted by atomic mass is 9.86. The summed E-state index contributed by atoms with van der Waals surface area (Å²) in [4.78, 5) is 22.1.